The van der Waals surface area contributed by atoms with Crippen LogP contribution in [0.3, 0.4) is 0 Å². The Morgan fingerprint density at radius 3 is 2.72 bits per heavy atom. The van der Waals surface area contributed by atoms with Crippen molar-refractivity contribution in [2.75, 3.05) is 56.9 Å². The Kier molecular flexibility index (Phi) is 8.78. The van der Waals surface area contributed by atoms with Crippen LogP contribution in [0.2, 0.25) is 0 Å². The minimum atomic E-state index is 0.164. The first-order chi connectivity index (χ1) is 15.8. The quantitative estimate of drug-likeness (QED) is 0.413. The Morgan fingerprint density at radius 1 is 1.09 bits per heavy atom. The molecule has 3 heterocycles. The van der Waals surface area contributed by atoms with Gasteiger partial charge >= 0.3 is 0 Å². The molecular weight excluding hydrogens is 462 g/mol. The molecule has 1 fully saturated rings. The van der Waals surface area contributed by atoms with Gasteiger partial charge in [-0.2, -0.15) is 0 Å². The van der Waals surface area contributed by atoms with Gasteiger partial charge in [-0.15, -0.1) is 21.5 Å². The molecule has 1 saturated heterocycles. The molecule has 0 radical (unpaired) electrons. The van der Waals surface area contributed by atoms with E-state index in [-0.39, 0.29) is 5.91 Å². The smallest absolute Gasteiger partial charge is 0.233 e. The third kappa shape index (κ3) is 7.19. The monoisotopic (exact) mass is 489 g/mol. The number of ether oxygens (including phenoxy) is 1. The number of thiophene rings is 1. The summed E-state index contributed by atoms with van der Waals surface area (Å²) in [6.07, 6.45) is 0.975. The Balaban J connectivity index is 1.10. The second kappa shape index (κ2) is 12.2. The van der Waals surface area contributed by atoms with Gasteiger partial charge in [-0.05, 0) is 30.0 Å². The molecule has 0 unspecified atom stereocenters. The fraction of sp³-hybridized carbons (Fsp3) is 0.409. The Labute approximate surface area is 200 Å². The van der Waals surface area contributed by atoms with E-state index in [1.165, 1.54) is 28.0 Å². The molecule has 1 aliphatic heterocycles. The van der Waals surface area contributed by atoms with Gasteiger partial charge in [0, 0.05) is 44.1 Å². The fourth-order valence-corrected chi connectivity index (χ4v) is 5.72. The van der Waals surface area contributed by atoms with Crippen LogP contribution in [0.15, 0.2) is 52.2 Å². The highest BCUT2D eigenvalue weighted by Crippen LogP contribution is 2.26. The van der Waals surface area contributed by atoms with Crippen LogP contribution in [0.25, 0.3) is 0 Å². The Hall–Kier alpha value is -2.14. The lowest BCUT2D eigenvalue weighted by molar-refractivity contribution is -0.130. The molecular formula is C22H27N5O2S3. The molecule has 3 aromatic rings. The van der Waals surface area contributed by atoms with Gasteiger partial charge < -0.3 is 15.0 Å². The minimum absolute atomic E-state index is 0.164. The van der Waals surface area contributed by atoms with Crippen molar-refractivity contribution in [1.29, 1.82) is 0 Å². The normalized spacial score (nSPS) is 14.4. The second-order valence-electron chi connectivity index (χ2n) is 7.30. The highest BCUT2D eigenvalue weighted by Gasteiger charge is 2.21. The van der Waals surface area contributed by atoms with Gasteiger partial charge in [-0.25, -0.2) is 0 Å². The molecule has 0 bridgehead atoms. The maximum atomic E-state index is 12.6. The maximum Gasteiger partial charge on any atom is 0.233 e. The van der Waals surface area contributed by atoms with Crippen molar-refractivity contribution < 1.29 is 9.53 Å². The van der Waals surface area contributed by atoms with Crippen LogP contribution in [0.5, 0.6) is 5.75 Å². The summed E-state index contributed by atoms with van der Waals surface area (Å²) in [4.78, 5) is 18.2. The topological polar surface area (TPSA) is 70.6 Å². The average Bonchev–Trinajstić information content (AvgIpc) is 3.51. The largest absolute Gasteiger partial charge is 0.492 e. The maximum absolute atomic E-state index is 12.6. The molecule has 0 aliphatic carbocycles. The van der Waals surface area contributed by atoms with E-state index in [2.05, 4.69) is 37.9 Å². The number of nitrogens with zero attached hydrogens (tertiary/aromatic N) is 4. The predicted molar refractivity (Wildman–Crippen MR) is 132 cm³/mol. The summed E-state index contributed by atoms with van der Waals surface area (Å²) < 4.78 is 6.60. The van der Waals surface area contributed by atoms with Crippen LogP contribution in [0.4, 0.5) is 5.13 Å². The summed E-state index contributed by atoms with van der Waals surface area (Å²) in [5.41, 5.74) is 0. The Morgan fingerprint density at radius 2 is 1.94 bits per heavy atom. The van der Waals surface area contributed by atoms with Crippen LogP contribution in [-0.4, -0.2) is 77.5 Å². The summed E-state index contributed by atoms with van der Waals surface area (Å²) in [6, 6.07) is 14.1. The number of piperazine rings is 1. The van der Waals surface area contributed by atoms with Gasteiger partial charge in [-0.3, -0.25) is 9.69 Å². The number of anilines is 1. The Bertz CT molecular complexity index is 944. The van der Waals surface area contributed by atoms with Gasteiger partial charge in [0.1, 0.15) is 12.4 Å². The number of hydrogen-bond acceptors (Lipinski definition) is 9. The standard InChI is InChI=1S/C22H27N5O2S3/c28-20(17-31-22-25-24-21(32-22)23-9-8-19-7-4-16-30-19)27-12-10-26(11-13-27)14-15-29-18-5-2-1-3-6-18/h1-7,16H,8-15,17H2,(H,23,24). The van der Waals surface area contributed by atoms with Crippen LogP contribution < -0.4 is 10.1 Å². The van der Waals surface area contributed by atoms with Gasteiger partial charge in [0.05, 0.1) is 5.75 Å². The van der Waals surface area contributed by atoms with Crippen LogP contribution in [-0.2, 0) is 11.2 Å². The molecule has 1 aliphatic rings. The molecule has 0 saturated carbocycles. The lowest BCUT2D eigenvalue weighted by Crippen LogP contribution is -2.50. The SMILES string of the molecule is O=C(CSc1nnc(NCCc2cccs2)s1)N1CCN(CCOc2ccccc2)CC1. The van der Waals surface area contributed by atoms with Gasteiger partial charge in [0.15, 0.2) is 4.34 Å². The van der Waals surface area contributed by atoms with Crippen LogP contribution in [0, 0.1) is 0 Å². The van der Waals surface area contributed by atoms with E-state index in [1.807, 2.05) is 35.2 Å². The summed E-state index contributed by atoms with van der Waals surface area (Å²) >= 11 is 4.74. The van der Waals surface area contributed by atoms with E-state index in [9.17, 15) is 4.79 Å². The zero-order valence-corrected chi connectivity index (χ0v) is 20.3. The van der Waals surface area contributed by atoms with Crippen molar-refractivity contribution in [3.05, 3.63) is 52.7 Å². The molecule has 1 N–H and O–H groups in total. The molecule has 0 spiro atoms. The minimum Gasteiger partial charge on any atom is -0.492 e. The average molecular weight is 490 g/mol. The molecule has 1 aromatic carbocycles. The number of carbonyl (C=O) groups excluding carboxylic acids is 1. The van der Waals surface area contributed by atoms with Gasteiger partial charge in [0.25, 0.3) is 0 Å². The van der Waals surface area contributed by atoms with E-state index in [0.29, 0.717) is 12.4 Å². The number of nitrogens with one attached hydrogen (secondary N) is 1. The third-order valence-corrected chi connectivity index (χ3v) is 8.03. The first-order valence-electron chi connectivity index (χ1n) is 10.7. The van der Waals surface area contributed by atoms with E-state index in [0.717, 1.165) is 60.9 Å². The van der Waals surface area contributed by atoms with E-state index < -0.39 is 0 Å². The van der Waals surface area contributed by atoms with Gasteiger partial charge in [-0.1, -0.05) is 47.4 Å². The van der Waals surface area contributed by atoms with Gasteiger partial charge in [0.2, 0.25) is 11.0 Å². The summed E-state index contributed by atoms with van der Waals surface area (Å²) in [6.45, 7) is 5.65. The highest BCUT2D eigenvalue weighted by molar-refractivity contribution is 8.01. The van der Waals surface area contributed by atoms with Crippen molar-refractivity contribution in [3.8, 4) is 5.75 Å². The number of para-hydroxylation sites is 1. The molecule has 7 nitrogen and oxygen atoms in total. The predicted octanol–water partition coefficient (Wildman–Crippen LogP) is 3.57. The first kappa shape index (κ1) is 23.0. The number of amides is 1. The summed E-state index contributed by atoms with van der Waals surface area (Å²) in [5.74, 6) is 1.47. The first-order valence-corrected chi connectivity index (χ1v) is 13.3. The number of hydrogen-bond donors (Lipinski definition) is 1. The molecule has 4 rings (SSSR count). The zero-order chi connectivity index (χ0) is 22.0. The van der Waals surface area contributed by atoms with Crippen molar-refractivity contribution in [1.82, 2.24) is 20.0 Å². The number of carbonyl (C=O) groups is 1. The lowest BCUT2D eigenvalue weighted by atomic mass is 10.3. The third-order valence-electron chi connectivity index (χ3n) is 5.10. The number of benzene rings is 1. The molecule has 10 heteroatoms. The van der Waals surface area contributed by atoms with Crippen molar-refractivity contribution in [2.45, 2.75) is 10.8 Å². The lowest BCUT2D eigenvalue weighted by Gasteiger charge is -2.34. The molecule has 32 heavy (non-hydrogen) atoms. The van der Waals surface area contributed by atoms with Crippen molar-refractivity contribution in [2.24, 2.45) is 0 Å². The highest BCUT2D eigenvalue weighted by atomic mass is 32.2. The molecule has 1 amide bonds. The van der Waals surface area contributed by atoms with Crippen LogP contribution >= 0.6 is 34.4 Å². The number of rotatable bonds is 11. The van der Waals surface area contributed by atoms with Crippen molar-refractivity contribution in [3.63, 3.8) is 0 Å². The van der Waals surface area contributed by atoms with Crippen molar-refractivity contribution >= 4 is 45.5 Å². The molecule has 0 atom stereocenters. The van der Waals surface area contributed by atoms with E-state index in [4.69, 9.17) is 4.74 Å². The second-order valence-corrected chi connectivity index (χ2v) is 10.5. The van der Waals surface area contributed by atoms with E-state index >= 15 is 0 Å². The zero-order valence-electron chi connectivity index (χ0n) is 17.8. The summed E-state index contributed by atoms with van der Waals surface area (Å²) in [5, 5.41) is 14.6. The van der Waals surface area contributed by atoms with E-state index in [1.54, 1.807) is 11.3 Å². The summed E-state index contributed by atoms with van der Waals surface area (Å²) in [7, 11) is 0. The number of aromatic nitrogens is 2. The van der Waals surface area contributed by atoms with Crippen LogP contribution in [0.1, 0.15) is 4.88 Å². The number of thioether (sulfide) groups is 1. The fourth-order valence-electron chi connectivity index (χ4n) is 3.33. The molecule has 170 valence electrons. The molecule has 2 aromatic heterocycles.